The molecule has 1 aromatic carbocycles. The molecule has 0 bridgehead atoms. The van der Waals surface area contributed by atoms with Crippen LogP contribution in [0.1, 0.15) is 83.1 Å². The maximum absolute atomic E-state index is 8.88. The first-order chi connectivity index (χ1) is 11.4. The van der Waals surface area contributed by atoms with Crippen LogP contribution in [0, 0.1) is 0 Å². The standard InChI is InChI=1S/C19H32.H3O4P/c1-2-3-4-5-6-7-8-9-10-11-13-16-19-17-14-12-15-18-19;1-5(2,3)4/h12,14-15,17-18H,2-11,13,16H2,1H3;(H3,1,2,3,4). The van der Waals surface area contributed by atoms with E-state index in [2.05, 4.69) is 37.3 Å². The molecule has 0 heterocycles. The lowest BCUT2D eigenvalue weighted by Crippen LogP contribution is -1.86. The Bertz CT molecular complexity index is 408. The second-order valence-corrected chi connectivity index (χ2v) is 7.31. The molecule has 0 fully saturated rings. The molecule has 24 heavy (non-hydrogen) atoms. The van der Waals surface area contributed by atoms with Crippen LogP contribution in [0.4, 0.5) is 0 Å². The second kappa shape index (κ2) is 15.8. The van der Waals surface area contributed by atoms with Crippen molar-refractivity contribution in [1.82, 2.24) is 0 Å². The summed E-state index contributed by atoms with van der Waals surface area (Å²) in [6.07, 6.45) is 17.0. The average molecular weight is 358 g/mol. The highest BCUT2D eigenvalue weighted by Crippen LogP contribution is 2.25. The summed E-state index contributed by atoms with van der Waals surface area (Å²) in [5, 5.41) is 0. The molecule has 0 radical (unpaired) electrons. The van der Waals surface area contributed by atoms with Gasteiger partial charge in [0.2, 0.25) is 0 Å². The van der Waals surface area contributed by atoms with Crippen LogP contribution in [0.5, 0.6) is 0 Å². The van der Waals surface area contributed by atoms with Crippen LogP contribution in [0.15, 0.2) is 30.3 Å². The second-order valence-electron chi connectivity index (χ2n) is 6.28. The number of benzene rings is 1. The van der Waals surface area contributed by atoms with Crippen molar-refractivity contribution in [2.75, 3.05) is 0 Å². The molecule has 0 unspecified atom stereocenters. The highest BCUT2D eigenvalue weighted by atomic mass is 31.2. The normalized spacial score (nSPS) is 11.0. The predicted octanol–water partition coefficient (Wildman–Crippen LogP) is 5.61. The van der Waals surface area contributed by atoms with E-state index in [-0.39, 0.29) is 0 Å². The average Bonchev–Trinajstić information content (AvgIpc) is 2.52. The molecule has 0 atom stereocenters. The summed E-state index contributed by atoms with van der Waals surface area (Å²) in [7, 11) is -4.64. The molecule has 0 spiro atoms. The van der Waals surface area contributed by atoms with Gasteiger partial charge in [0, 0.05) is 0 Å². The molecule has 140 valence electrons. The fraction of sp³-hybridized carbons (Fsp3) is 0.684. The quantitative estimate of drug-likeness (QED) is 0.335. The Morgan fingerprint density at radius 2 is 1.08 bits per heavy atom. The summed E-state index contributed by atoms with van der Waals surface area (Å²) in [6.45, 7) is 2.29. The van der Waals surface area contributed by atoms with Crippen LogP contribution < -0.4 is 0 Å². The van der Waals surface area contributed by atoms with Crippen LogP contribution in [0.3, 0.4) is 0 Å². The fourth-order valence-corrected chi connectivity index (χ4v) is 2.64. The molecular weight excluding hydrogens is 323 g/mol. The van der Waals surface area contributed by atoms with E-state index >= 15 is 0 Å². The first kappa shape index (κ1) is 23.3. The number of aryl methyl sites for hydroxylation is 1. The number of hydrogen-bond acceptors (Lipinski definition) is 1. The summed E-state index contributed by atoms with van der Waals surface area (Å²) in [6, 6.07) is 10.9. The van der Waals surface area contributed by atoms with E-state index < -0.39 is 7.82 Å². The largest absolute Gasteiger partial charge is 0.466 e. The topological polar surface area (TPSA) is 77.8 Å². The molecule has 0 aliphatic carbocycles. The highest BCUT2D eigenvalue weighted by molar-refractivity contribution is 7.45. The van der Waals surface area contributed by atoms with Gasteiger partial charge in [-0.15, -0.1) is 0 Å². The molecule has 0 amide bonds. The molecule has 3 N–H and O–H groups in total. The van der Waals surface area contributed by atoms with E-state index in [1.807, 2.05) is 0 Å². The summed E-state index contributed by atoms with van der Waals surface area (Å²) < 4.78 is 8.88. The van der Waals surface area contributed by atoms with Crippen molar-refractivity contribution >= 4 is 7.82 Å². The van der Waals surface area contributed by atoms with Gasteiger partial charge in [-0.3, -0.25) is 0 Å². The minimum atomic E-state index is -4.64. The maximum Gasteiger partial charge on any atom is 0.466 e. The summed E-state index contributed by atoms with van der Waals surface area (Å²) >= 11 is 0. The maximum atomic E-state index is 8.88. The Balaban J connectivity index is 0.000000922. The molecule has 0 aliphatic rings. The fourth-order valence-electron chi connectivity index (χ4n) is 2.64. The van der Waals surface area contributed by atoms with Gasteiger partial charge in [-0.25, -0.2) is 4.57 Å². The lowest BCUT2D eigenvalue weighted by molar-refractivity contribution is 0.275. The van der Waals surface area contributed by atoms with E-state index in [4.69, 9.17) is 19.2 Å². The molecule has 1 rings (SSSR count). The molecule has 0 aliphatic heterocycles. The van der Waals surface area contributed by atoms with Crippen molar-refractivity contribution in [3.8, 4) is 0 Å². The van der Waals surface area contributed by atoms with Crippen molar-refractivity contribution in [2.45, 2.75) is 84.0 Å². The van der Waals surface area contributed by atoms with Gasteiger partial charge in [0.05, 0.1) is 0 Å². The smallest absolute Gasteiger partial charge is 0.303 e. The minimum absolute atomic E-state index is 1.26. The number of hydrogen-bond donors (Lipinski definition) is 3. The Kier molecular flexibility index (Phi) is 15.4. The van der Waals surface area contributed by atoms with Gasteiger partial charge in [0.1, 0.15) is 0 Å². The SMILES string of the molecule is CCCCCCCCCCCCCc1ccccc1.O=P(O)(O)O. The van der Waals surface area contributed by atoms with Crippen molar-refractivity contribution in [2.24, 2.45) is 0 Å². The third-order valence-electron chi connectivity index (χ3n) is 3.91. The zero-order chi connectivity index (χ0) is 18.1. The number of phosphoric acid groups is 1. The van der Waals surface area contributed by atoms with Crippen LogP contribution >= 0.6 is 7.82 Å². The molecule has 1 aromatic rings. The van der Waals surface area contributed by atoms with Gasteiger partial charge < -0.3 is 14.7 Å². The monoisotopic (exact) mass is 358 g/mol. The molecule has 0 saturated heterocycles. The molecule has 0 saturated carbocycles. The van der Waals surface area contributed by atoms with Gasteiger partial charge in [0.25, 0.3) is 0 Å². The third kappa shape index (κ3) is 21.3. The van der Waals surface area contributed by atoms with Crippen LogP contribution in [0.25, 0.3) is 0 Å². The number of rotatable bonds is 12. The van der Waals surface area contributed by atoms with E-state index in [0.717, 1.165) is 0 Å². The zero-order valence-corrected chi connectivity index (χ0v) is 16.0. The van der Waals surface area contributed by atoms with Crippen LogP contribution in [0.2, 0.25) is 0 Å². The Hall–Kier alpha value is -0.670. The van der Waals surface area contributed by atoms with E-state index in [0.29, 0.717) is 0 Å². The Labute approximate surface area is 147 Å². The van der Waals surface area contributed by atoms with Gasteiger partial charge >= 0.3 is 7.82 Å². The molecule has 0 aromatic heterocycles. The van der Waals surface area contributed by atoms with Gasteiger partial charge in [-0.1, -0.05) is 101 Å². The van der Waals surface area contributed by atoms with Crippen molar-refractivity contribution in [3.05, 3.63) is 35.9 Å². The van der Waals surface area contributed by atoms with Gasteiger partial charge in [-0.2, -0.15) is 0 Å². The number of unbranched alkanes of at least 4 members (excludes halogenated alkanes) is 10. The molecule has 4 nitrogen and oxygen atoms in total. The first-order valence-electron chi connectivity index (χ1n) is 9.25. The van der Waals surface area contributed by atoms with Crippen LogP contribution in [-0.2, 0) is 11.0 Å². The van der Waals surface area contributed by atoms with Crippen molar-refractivity contribution in [3.63, 3.8) is 0 Å². The summed E-state index contributed by atoms with van der Waals surface area (Å²) in [5.41, 5.74) is 1.50. The van der Waals surface area contributed by atoms with Crippen LogP contribution in [-0.4, -0.2) is 14.7 Å². The van der Waals surface area contributed by atoms with Crippen molar-refractivity contribution in [1.29, 1.82) is 0 Å². The third-order valence-corrected chi connectivity index (χ3v) is 3.91. The molecular formula is C19H35O4P. The van der Waals surface area contributed by atoms with E-state index in [1.54, 1.807) is 0 Å². The minimum Gasteiger partial charge on any atom is -0.303 e. The van der Waals surface area contributed by atoms with Gasteiger partial charge in [-0.05, 0) is 18.4 Å². The Morgan fingerprint density at radius 3 is 1.50 bits per heavy atom. The summed E-state index contributed by atoms with van der Waals surface area (Å²) in [5.74, 6) is 0. The lowest BCUT2D eigenvalue weighted by Gasteiger charge is -2.03. The summed E-state index contributed by atoms with van der Waals surface area (Å²) in [4.78, 5) is 21.6. The lowest BCUT2D eigenvalue weighted by atomic mass is 10.0. The highest BCUT2D eigenvalue weighted by Gasteiger charge is 2.00. The van der Waals surface area contributed by atoms with E-state index in [9.17, 15) is 0 Å². The van der Waals surface area contributed by atoms with E-state index in [1.165, 1.54) is 82.6 Å². The predicted molar refractivity (Wildman–Crippen MR) is 101 cm³/mol. The van der Waals surface area contributed by atoms with Gasteiger partial charge in [0.15, 0.2) is 0 Å². The zero-order valence-electron chi connectivity index (χ0n) is 15.1. The van der Waals surface area contributed by atoms with Crippen molar-refractivity contribution < 1.29 is 19.2 Å². The molecule has 5 heteroatoms. The Morgan fingerprint density at radius 1 is 0.708 bits per heavy atom. The first-order valence-corrected chi connectivity index (χ1v) is 10.8.